The molecule has 2 heterocycles. The lowest BCUT2D eigenvalue weighted by molar-refractivity contribution is 0.1000. The van der Waals surface area contributed by atoms with Gasteiger partial charge in [-0.05, 0) is 37.6 Å². The van der Waals surface area contributed by atoms with Crippen LogP contribution < -0.4 is 26.6 Å². The van der Waals surface area contributed by atoms with Crippen LogP contribution >= 0.6 is 0 Å². The number of carbonyl (C=O) groups is 1. The summed E-state index contributed by atoms with van der Waals surface area (Å²) in [6, 6.07) is 6.65. The number of halogens is 2. The third-order valence-electron chi connectivity index (χ3n) is 5.36. The number of methoxy groups -OCH3 is 1. The van der Waals surface area contributed by atoms with Crippen molar-refractivity contribution in [3.63, 3.8) is 0 Å². The molecule has 8 nitrogen and oxygen atoms in total. The van der Waals surface area contributed by atoms with Crippen molar-refractivity contribution in [1.29, 1.82) is 0 Å². The van der Waals surface area contributed by atoms with E-state index in [0.717, 1.165) is 6.42 Å². The van der Waals surface area contributed by atoms with Gasteiger partial charge in [-0.15, -0.1) is 0 Å². The Morgan fingerprint density at radius 2 is 1.94 bits per heavy atom. The van der Waals surface area contributed by atoms with E-state index in [9.17, 15) is 9.18 Å². The maximum Gasteiger partial charge on any atom is 0.250 e. The number of hydrazine groups is 1. The van der Waals surface area contributed by atoms with Gasteiger partial charge in [0.25, 0.3) is 0 Å². The molecular weight excluding hydrogens is 442 g/mol. The lowest BCUT2D eigenvalue weighted by atomic mass is 10.1. The van der Waals surface area contributed by atoms with E-state index in [2.05, 4.69) is 15.4 Å². The van der Waals surface area contributed by atoms with Crippen molar-refractivity contribution in [3.8, 4) is 16.9 Å². The van der Waals surface area contributed by atoms with Crippen LogP contribution in [0.4, 0.5) is 20.3 Å². The van der Waals surface area contributed by atoms with E-state index in [1.54, 1.807) is 0 Å². The molecule has 0 aliphatic carbocycles. The van der Waals surface area contributed by atoms with Gasteiger partial charge in [0.2, 0.25) is 5.91 Å². The van der Waals surface area contributed by atoms with E-state index < -0.39 is 17.5 Å². The lowest BCUT2D eigenvalue weighted by Crippen LogP contribution is -2.50. The van der Waals surface area contributed by atoms with E-state index in [1.165, 1.54) is 61.0 Å². The number of nitrogens with one attached hydrogen (secondary N) is 1. The molecule has 0 aliphatic heterocycles. The Morgan fingerprint density at radius 1 is 1.18 bits per heavy atom. The Hall–Kier alpha value is -3.63. The van der Waals surface area contributed by atoms with E-state index in [1.807, 2.05) is 13.8 Å². The molecule has 3 rings (SSSR count). The van der Waals surface area contributed by atoms with E-state index in [-0.39, 0.29) is 40.3 Å². The maximum atomic E-state index is 15.8. The number of nitrogens with two attached hydrogens (primary N) is 2. The zero-order chi connectivity index (χ0) is 24.8. The van der Waals surface area contributed by atoms with Crippen molar-refractivity contribution < 1.29 is 18.3 Å². The Kier molecular flexibility index (Phi) is 8.08. The van der Waals surface area contributed by atoms with Crippen LogP contribution in [0.5, 0.6) is 5.75 Å². The Morgan fingerprint density at radius 3 is 2.50 bits per heavy atom. The molecule has 0 spiro atoms. The summed E-state index contributed by atoms with van der Waals surface area (Å²) < 4.78 is 35.6. The first-order chi connectivity index (χ1) is 16.3. The number of anilines is 2. The second-order valence-electron chi connectivity index (χ2n) is 7.85. The number of carbonyl (C=O) groups excluding carboxylic acids is 1. The van der Waals surface area contributed by atoms with Gasteiger partial charge in [-0.3, -0.25) is 14.8 Å². The Balaban J connectivity index is 2.12. The highest BCUT2D eigenvalue weighted by Gasteiger charge is 2.24. The van der Waals surface area contributed by atoms with Crippen molar-refractivity contribution in [3.05, 3.63) is 66.1 Å². The molecule has 180 valence electrons. The molecule has 0 aliphatic rings. The zero-order valence-corrected chi connectivity index (χ0v) is 19.3. The molecule has 0 saturated carbocycles. The van der Waals surface area contributed by atoms with Crippen LogP contribution in [0.2, 0.25) is 0 Å². The monoisotopic (exact) mass is 470 g/mol. The lowest BCUT2D eigenvalue weighted by Gasteiger charge is -2.32. The molecular formula is C24H28F2N6O2. The minimum absolute atomic E-state index is 0.00814. The van der Waals surface area contributed by atoms with Crippen LogP contribution in [0, 0.1) is 11.6 Å². The molecule has 2 atom stereocenters. The largest absolute Gasteiger partial charge is 0.497 e. The summed E-state index contributed by atoms with van der Waals surface area (Å²) in [5.74, 6) is -1.41. The molecule has 34 heavy (non-hydrogen) atoms. The number of pyridine rings is 2. The number of aromatic nitrogens is 2. The van der Waals surface area contributed by atoms with Crippen LogP contribution in [0.15, 0.2) is 48.9 Å². The molecule has 0 saturated heterocycles. The number of rotatable bonds is 10. The Bertz CT molecular complexity index is 1140. The highest BCUT2D eigenvalue weighted by Crippen LogP contribution is 2.34. The number of nitrogens with zero attached hydrogens (tertiary/aromatic N) is 3. The Labute approximate surface area is 196 Å². The number of benzene rings is 1. The topological polar surface area (TPSA) is 119 Å². The average molecular weight is 471 g/mol. The standard InChI is InChI=1S/C24H28F2N6O2/c1-4-5-20(14(2)27)31-32(22-9-6-15(11-30-22)24(28)33)21-13-29-12-18(23(21)26)17-8-7-16(34-3)10-19(17)25/h6-14,20,31H,4-5,27H2,1-3H3,(H2,28,33)/t14-,20+/m0/s1. The van der Waals surface area contributed by atoms with Gasteiger partial charge in [-0.25, -0.2) is 19.2 Å². The summed E-state index contributed by atoms with van der Waals surface area (Å²) in [6.07, 6.45) is 5.39. The van der Waals surface area contributed by atoms with Gasteiger partial charge < -0.3 is 16.2 Å². The van der Waals surface area contributed by atoms with Crippen molar-refractivity contribution in [1.82, 2.24) is 15.4 Å². The summed E-state index contributed by atoms with van der Waals surface area (Å²) in [4.78, 5) is 19.9. The molecule has 0 bridgehead atoms. The fourth-order valence-electron chi connectivity index (χ4n) is 3.46. The minimum atomic E-state index is -0.715. The van der Waals surface area contributed by atoms with Crippen LogP contribution in [-0.2, 0) is 0 Å². The number of hydrogen-bond acceptors (Lipinski definition) is 7. The molecule has 0 unspecified atom stereocenters. The predicted molar refractivity (Wildman–Crippen MR) is 127 cm³/mol. The first-order valence-corrected chi connectivity index (χ1v) is 10.8. The molecule has 1 aromatic carbocycles. The van der Waals surface area contributed by atoms with Crippen LogP contribution in [0.1, 0.15) is 37.0 Å². The summed E-state index contributed by atoms with van der Waals surface area (Å²) in [6.45, 7) is 3.85. The van der Waals surface area contributed by atoms with Gasteiger partial charge in [-0.1, -0.05) is 13.3 Å². The third-order valence-corrected chi connectivity index (χ3v) is 5.36. The number of primary amides is 1. The van der Waals surface area contributed by atoms with Gasteiger partial charge >= 0.3 is 0 Å². The maximum absolute atomic E-state index is 15.8. The zero-order valence-electron chi connectivity index (χ0n) is 19.3. The molecule has 1 amide bonds. The van der Waals surface area contributed by atoms with E-state index in [4.69, 9.17) is 16.2 Å². The van der Waals surface area contributed by atoms with E-state index in [0.29, 0.717) is 12.2 Å². The first-order valence-electron chi connectivity index (χ1n) is 10.8. The molecule has 0 fully saturated rings. The highest BCUT2D eigenvalue weighted by atomic mass is 19.1. The number of ether oxygens (including phenoxy) is 1. The number of amides is 1. The second-order valence-corrected chi connectivity index (χ2v) is 7.85. The summed E-state index contributed by atoms with van der Waals surface area (Å²) in [7, 11) is 1.42. The van der Waals surface area contributed by atoms with Crippen molar-refractivity contribution in [2.75, 3.05) is 12.1 Å². The first kappa shape index (κ1) is 25.0. The van der Waals surface area contributed by atoms with Gasteiger partial charge in [0, 0.05) is 41.7 Å². The quantitative estimate of drug-likeness (QED) is 0.387. The van der Waals surface area contributed by atoms with E-state index >= 15 is 4.39 Å². The third kappa shape index (κ3) is 5.46. The van der Waals surface area contributed by atoms with Crippen LogP contribution in [-0.4, -0.2) is 35.1 Å². The molecule has 10 heteroatoms. The molecule has 0 radical (unpaired) electrons. The molecule has 3 aromatic rings. The van der Waals surface area contributed by atoms with Crippen LogP contribution in [0.3, 0.4) is 0 Å². The summed E-state index contributed by atoms with van der Waals surface area (Å²) in [5.41, 5.74) is 14.9. The molecule has 5 N–H and O–H groups in total. The van der Waals surface area contributed by atoms with Crippen molar-refractivity contribution in [2.45, 2.75) is 38.8 Å². The fourth-order valence-corrected chi connectivity index (χ4v) is 3.46. The van der Waals surface area contributed by atoms with Crippen LogP contribution in [0.25, 0.3) is 11.1 Å². The second kappa shape index (κ2) is 11.0. The average Bonchev–Trinajstić information content (AvgIpc) is 2.82. The van der Waals surface area contributed by atoms with Crippen molar-refractivity contribution >= 4 is 17.4 Å². The normalized spacial score (nSPS) is 12.8. The summed E-state index contributed by atoms with van der Waals surface area (Å²) >= 11 is 0. The summed E-state index contributed by atoms with van der Waals surface area (Å²) in [5, 5.41) is 1.40. The fraction of sp³-hybridized carbons (Fsp3) is 0.292. The SMILES string of the molecule is CCC[C@@H](NN(c1ccc(C(N)=O)cn1)c1cncc(-c2ccc(OC)cc2F)c1F)[C@H](C)N. The van der Waals surface area contributed by atoms with Gasteiger partial charge in [0.15, 0.2) is 5.82 Å². The smallest absolute Gasteiger partial charge is 0.250 e. The van der Waals surface area contributed by atoms with Gasteiger partial charge in [0.1, 0.15) is 23.1 Å². The highest BCUT2D eigenvalue weighted by molar-refractivity contribution is 5.92. The predicted octanol–water partition coefficient (Wildman–Crippen LogP) is 3.69. The minimum Gasteiger partial charge on any atom is -0.497 e. The van der Waals surface area contributed by atoms with Gasteiger partial charge in [0.05, 0.1) is 18.9 Å². The van der Waals surface area contributed by atoms with Crippen molar-refractivity contribution in [2.24, 2.45) is 11.5 Å². The van der Waals surface area contributed by atoms with Gasteiger partial charge in [-0.2, -0.15) is 0 Å². The molecule has 2 aromatic heterocycles. The number of hydrogen-bond donors (Lipinski definition) is 3.